The Morgan fingerprint density at radius 1 is 0.900 bits per heavy atom. The Morgan fingerprint density at radius 2 is 1.30 bits per heavy atom. The number of nitrogens with zero attached hydrogens (tertiary/aromatic N) is 4. The molecule has 0 amide bonds. The number of hydrogen-bond donors (Lipinski definition) is 2. The van der Waals surface area contributed by atoms with Gasteiger partial charge in [-0.3, -0.25) is 9.98 Å². The molecule has 2 aliphatic rings. The van der Waals surface area contributed by atoms with E-state index in [2.05, 4.69) is 44.7 Å². The highest BCUT2D eigenvalue weighted by molar-refractivity contribution is 5.86. The molecule has 0 aromatic carbocycles. The second-order valence-corrected chi connectivity index (χ2v) is 4.85. The first kappa shape index (κ1) is 19.1. The van der Waals surface area contributed by atoms with E-state index in [0.717, 1.165) is 50.7 Å². The molecule has 0 aromatic rings. The van der Waals surface area contributed by atoms with Crippen molar-refractivity contribution in [3.8, 4) is 0 Å². The van der Waals surface area contributed by atoms with Crippen molar-refractivity contribution in [2.24, 2.45) is 20.2 Å². The van der Waals surface area contributed by atoms with Gasteiger partial charge in [0.25, 0.3) is 0 Å². The average Bonchev–Trinajstić information content (AvgIpc) is 2.99. The lowest BCUT2D eigenvalue weighted by molar-refractivity contribution is 0.634. The van der Waals surface area contributed by atoms with E-state index in [1.54, 1.807) is 0 Å². The van der Waals surface area contributed by atoms with Crippen LogP contribution in [0.25, 0.3) is 0 Å². The zero-order valence-electron chi connectivity index (χ0n) is 12.0. The largest absolute Gasteiger partial charge is 0.372 e. The maximum Gasteiger partial charge on any atom is 0.0986 e. The molecular formula is C12H24Cl2N6. The van der Waals surface area contributed by atoms with Gasteiger partial charge in [0.2, 0.25) is 0 Å². The molecule has 0 saturated heterocycles. The summed E-state index contributed by atoms with van der Waals surface area (Å²) < 4.78 is 0. The zero-order chi connectivity index (χ0) is 12.8. The number of azo groups is 1. The van der Waals surface area contributed by atoms with Gasteiger partial charge in [-0.15, -0.1) is 24.8 Å². The molecule has 2 unspecified atom stereocenters. The third-order valence-electron chi connectivity index (χ3n) is 2.93. The van der Waals surface area contributed by atoms with Crippen molar-refractivity contribution in [3.63, 3.8) is 0 Å². The quantitative estimate of drug-likeness (QED) is 0.732. The number of hydrogen-bond acceptors (Lipinski definition) is 6. The summed E-state index contributed by atoms with van der Waals surface area (Å²) in [5, 5.41) is 15.2. The lowest BCUT2D eigenvalue weighted by Gasteiger charge is -2.08. The van der Waals surface area contributed by atoms with Gasteiger partial charge >= 0.3 is 0 Å². The van der Waals surface area contributed by atoms with Gasteiger partial charge in [0.1, 0.15) is 0 Å². The van der Waals surface area contributed by atoms with Gasteiger partial charge < -0.3 is 10.6 Å². The number of amidine groups is 2. The smallest absolute Gasteiger partial charge is 0.0986 e. The SMILES string of the molecule is CC(CC1=NCCN1)/N=N/C(C)CC1=NCCN1.Cl.Cl. The topological polar surface area (TPSA) is 73.5 Å². The van der Waals surface area contributed by atoms with E-state index in [1.165, 1.54) is 0 Å². The van der Waals surface area contributed by atoms with E-state index in [4.69, 9.17) is 0 Å². The van der Waals surface area contributed by atoms with E-state index in [9.17, 15) is 0 Å². The maximum atomic E-state index is 4.36. The normalized spacial score (nSPS) is 20.1. The highest BCUT2D eigenvalue weighted by Crippen LogP contribution is 2.06. The summed E-state index contributed by atoms with van der Waals surface area (Å²) >= 11 is 0. The van der Waals surface area contributed by atoms with E-state index < -0.39 is 0 Å². The summed E-state index contributed by atoms with van der Waals surface area (Å²) in [6.07, 6.45) is 1.71. The summed E-state index contributed by atoms with van der Waals surface area (Å²) in [4.78, 5) is 8.72. The monoisotopic (exact) mass is 322 g/mol. The molecule has 0 spiro atoms. The molecular weight excluding hydrogens is 299 g/mol. The Bertz CT molecular complexity index is 335. The predicted molar refractivity (Wildman–Crippen MR) is 88.1 cm³/mol. The van der Waals surface area contributed by atoms with Crippen LogP contribution < -0.4 is 10.6 Å². The highest BCUT2D eigenvalue weighted by atomic mass is 35.5. The van der Waals surface area contributed by atoms with Crippen LogP contribution in [0.5, 0.6) is 0 Å². The second kappa shape index (κ2) is 9.94. The van der Waals surface area contributed by atoms with Gasteiger partial charge in [-0.25, -0.2) is 0 Å². The molecule has 0 saturated carbocycles. The van der Waals surface area contributed by atoms with Crippen LogP contribution >= 0.6 is 24.8 Å². The molecule has 0 fully saturated rings. The van der Waals surface area contributed by atoms with Crippen molar-refractivity contribution in [1.82, 2.24) is 10.6 Å². The summed E-state index contributed by atoms with van der Waals surface area (Å²) in [6, 6.07) is 0.380. The minimum absolute atomic E-state index is 0. The molecule has 8 heteroatoms. The lowest BCUT2D eigenvalue weighted by Crippen LogP contribution is -2.23. The Morgan fingerprint density at radius 3 is 1.60 bits per heavy atom. The van der Waals surface area contributed by atoms with Crippen molar-refractivity contribution in [1.29, 1.82) is 0 Å². The standard InChI is InChI=1S/C12H22N6.2ClH/c1-9(7-11-13-3-4-14-11)17-18-10(2)8-12-15-5-6-16-12;;/h9-10H,3-8H2,1-2H3,(H,13,14)(H,15,16);2*1H/b18-17+;;. The van der Waals surface area contributed by atoms with Gasteiger partial charge in [-0.05, 0) is 13.8 Å². The van der Waals surface area contributed by atoms with E-state index in [0.29, 0.717) is 0 Å². The first-order chi connectivity index (χ1) is 8.74. The molecule has 20 heavy (non-hydrogen) atoms. The van der Waals surface area contributed by atoms with Gasteiger partial charge in [-0.1, -0.05) is 0 Å². The van der Waals surface area contributed by atoms with Crippen molar-refractivity contribution < 1.29 is 0 Å². The number of halogens is 2. The number of aliphatic imine (C=N–C) groups is 2. The predicted octanol–water partition coefficient (Wildman–Crippen LogP) is 1.84. The van der Waals surface area contributed by atoms with Crippen molar-refractivity contribution in [3.05, 3.63) is 0 Å². The van der Waals surface area contributed by atoms with Gasteiger partial charge in [-0.2, -0.15) is 10.2 Å². The molecule has 2 aliphatic heterocycles. The molecule has 0 aromatic heterocycles. The Hall–Kier alpha value is -0.880. The average molecular weight is 323 g/mol. The molecule has 2 rings (SSSR count). The highest BCUT2D eigenvalue weighted by Gasteiger charge is 2.12. The van der Waals surface area contributed by atoms with Crippen LogP contribution in [0.3, 0.4) is 0 Å². The van der Waals surface area contributed by atoms with Gasteiger partial charge in [0.05, 0.1) is 36.8 Å². The first-order valence-electron chi connectivity index (χ1n) is 6.68. The Kier molecular flexibility index (Phi) is 9.50. The molecule has 2 heterocycles. The fourth-order valence-electron chi connectivity index (χ4n) is 2.04. The Balaban J connectivity index is 0.00000180. The van der Waals surface area contributed by atoms with Crippen LogP contribution in [0.15, 0.2) is 20.2 Å². The number of rotatable bonds is 6. The van der Waals surface area contributed by atoms with Crippen molar-refractivity contribution >= 4 is 36.5 Å². The fourth-order valence-corrected chi connectivity index (χ4v) is 2.04. The van der Waals surface area contributed by atoms with Crippen molar-refractivity contribution in [2.75, 3.05) is 26.2 Å². The molecule has 2 atom stereocenters. The molecule has 0 aliphatic carbocycles. The molecule has 116 valence electrons. The van der Waals surface area contributed by atoms with Gasteiger partial charge in [0.15, 0.2) is 0 Å². The Labute approximate surface area is 132 Å². The van der Waals surface area contributed by atoms with E-state index in [1.807, 2.05) is 0 Å². The third kappa shape index (κ3) is 6.52. The van der Waals surface area contributed by atoms with Gasteiger partial charge in [0, 0.05) is 25.9 Å². The summed E-state index contributed by atoms with van der Waals surface area (Å²) in [7, 11) is 0. The van der Waals surface area contributed by atoms with Crippen LogP contribution in [0.2, 0.25) is 0 Å². The first-order valence-corrected chi connectivity index (χ1v) is 6.68. The maximum absolute atomic E-state index is 4.36. The minimum atomic E-state index is 0. The van der Waals surface area contributed by atoms with E-state index >= 15 is 0 Å². The fraction of sp³-hybridized carbons (Fsp3) is 0.833. The summed E-state index contributed by atoms with van der Waals surface area (Å²) in [5.41, 5.74) is 0. The summed E-state index contributed by atoms with van der Waals surface area (Å²) in [5.74, 6) is 2.13. The van der Waals surface area contributed by atoms with Crippen LogP contribution in [0.1, 0.15) is 26.7 Å². The van der Waals surface area contributed by atoms with Crippen molar-refractivity contribution in [2.45, 2.75) is 38.8 Å². The van der Waals surface area contributed by atoms with Crippen LogP contribution in [0.4, 0.5) is 0 Å². The van der Waals surface area contributed by atoms with Crippen LogP contribution in [0, 0.1) is 0 Å². The van der Waals surface area contributed by atoms with Crippen LogP contribution in [-0.2, 0) is 0 Å². The lowest BCUT2D eigenvalue weighted by atomic mass is 10.2. The summed E-state index contributed by atoms with van der Waals surface area (Å²) in [6.45, 7) is 7.85. The van der Waals surface area contributed by atoms with Crippen LogP contribution in [-0.4, -0.2) is 49.9 Å². The number of nitrogens with one attached hydrogen (secondary N) is 2. The third-order valence-corrected chi connectivity index (χ3v) is 2.93. The molecule has 0 bridgehead atoms. The molecule has 2 N–H and O–H groups in total. The molecule has 6 nitrogen and oxygen atoms in total. The zero-order valence-corrected chi connectivity index (χ0v) is 13.6. The molecule has 0 radical (unpaired) electrons. The second-order valence-electron chi connectivity index (χ2n) is 4.85. The minimum Gasteiger partial charge on any atom is -0.372 e. The van der Waals surface area contributed by atoms with E-state index in [-0.39, 0.29) is 36.9 Å².